The van der Waals surface area contributed by atoms with E-state index in [0.29, 0.717) is 33.3 Å². The van der Waals surface area contributed by atoms with Crippen LogP contribution in [0.3, 0.4) is 0 Å². The molecule has 18 heteroatoms. The van der Waals surface area contributed by atoms with Gasteiger partial charge in [0, 0.05) is 52.0 Å². The lowest BCUT2D eigenvalue weighted by molar-refractivity contribution is -0.138. The standard InChI is InChI=1S/C22H20F2N2O5.C21H18F2N2O5/c1-12-15(10-20(27)25-8-7-21(28)29)16-9-19(31-2)17(24)11-18(16)26(12)22(30)13-3-5-14(23)6-4-13;1-11-14(8-19(26)24-10-20(27)28)15-7-18(30-2)16(23)9-17(15)25(11)21(29)12-3-5-13(22)6-4-12/h3-6,9,11H,7-8,10H2,1-2H3,(H,25,27)(H,28,29);3-7,9H,8,10H2,1-2H3,(H,24,26)(H,27,28). The second-order valence-electron chi connectivity index (χ2n) is 13.4. The van der Waals surface area contributed by atoms with Gasteiger partial charge in [-0.3, -0.25) is 37.9 Å². The number of amides is 2. The van der Waals surface area contributed by atoms with Gasteiger partial charge in [0.25, 0.3) is 11.8 Å². The molecule has 0 unspecified atom stereocenters. The lowest BCUT2D eigenvalue weighted by atomic mass is 10.1. The van der Waals surface area contributed by atoms with Crippen LogP contribution in [0.2, 0.25) is 0 Å². The third-order valence-corrected chi connectivity index (χ3v) is 9.58. The zero-order valence-corrected chi connectivity index (χ0v) is 33.0. The Morgan fingerprint density at radius 3 is 1.34 bits per heavy atom. The molecule has 318 valence electrons. The maximum absolute atomic E-state index is 14.4. The zero-order valence-electron chi connectivity index (χ0n) is 33.0. The quantitative estimate of drug-likeness (QED) is 0.104. The summed E-state index contributed by atoms with van der Waals surface area (Å²) in [5.41, 5.74) is 2.48. The molecule has 0 radical (unpaired) electrons. The van der Waals surface area contributed by atoms with Gasteiger partial charge >= 0.3 is 11.9 Å². The van der Waals surface area contributed by atoms with E-state index in [4.69, 9.17) is 19.7 Å². The number of carboxylic acid groups (broad SMARTS) is 2. The Balaban J connectivity index is 0.000000231. The Labute approximate surface area is 344 Å². The number of methoxy groups -OCH3 is 2. The van der Waals surface area contributed by atoms with Gasteiger partial charge in [0.05, 0.1) is 44.5 Å². The highest BCUT2D eigenvalue weighted by atomic mass is 19.1. The predicted octanol–water partition coefficient (Wildman–Crippen LogP) is 5.73. The van der Waals surface area contributed by atoms with E-state index in [1.54, 1.807) is 13.8 Å². The van der Waals surface area contributed by atoms with Crippen molar-refractivity contribution in [3.63, 3.8) is 0 Å². The molecular formula is C43H38F4N4O10. The number of rotatable bonds is 13. The summed E-state index contributed by atoms with van der Waals surface area (Å²) >= 11 is 0. The first-order chi connectivity index (χ1) is 28.9. The van der Waals surface area contributed by atoms with Crippen LogP contribution in [0.25, 0.3) is 21.8 Å². The van der Waals surface area contributed by atoms with Crippen LogP contribution in [0.4, 0.5) is 17.6 Å². The zero-order chi connectivity index (χ0) is 44.7. The molecule has 2 amide bonds. The van der Waals surface area contributed by atoms with E-state index in [9.17, 15) is 46.3 Å². The number of hydrogen-bond acceptors (Lipinski definition) is 8. The summed E-state index contributed by atoms with van der Waals surface area (Å²) in [5.74, 6) is -6.80. The molecular weight excluding hydrogens is 808 g/mol. The Hall–Kier alpha value is -7.50. The second-order valence-corrected chi connectivity index (χ2v) is 13.4. The van der Waals surface area contributed by atoms with Crippen molar-refractivity contribution in [2.75, 3.05) is 27.3 Å². The second kappa shape index (κ2) is 19.0. The number of nitrogens with zero attached hydrogens (tertiary/aromatic N) is 2. The molecule has 0 aliphatic heterocycles. The largest absolute Gasteiger partial charge is 0.494 e. The van der Waals surface area contributed by atoms with E-state index in [0.717, 1.165) is 36.4 Å². The van der Waals surface area contributed by atoms with Crippen molar-refractivity contribution in [2.24, 2.45) is 0 Å². The van der Waals surface area contributed by atoms with Crippen LogP contribution in [0, 0.1) is 37.1 Å². The third-order valence-electron chi connectivity index (χ3n) is 9.58. The lowest BCUT2D eigenvalue weighted by Gasteiger charge is -2.08. The number of carboxylic acids is 2. The molecule has 6 aromatic rings. The summed E-state index contributed by atoms with van der Waals surface area (Å²) < 4.78 is 67.9. The monoisotopic (exact) mass is 846 g/mol. The van der Waals surface area contributed by atoms with Crippen LogP contribution in [-0.4, -0.2) is 82.2 Å². The number of ether oxygens (including phenoxy) is 2. The molecule has 4 aromatic carbocycles. The molecule has 0 saturated heterocycles. The summed E-state index contributed by atoms with van der Waals surface area (Å²) in [7, 11) is 2.59. The van der Waals surface area contributed by atoms with Gasteiger partial charge in [-0.1, -0.05) is 0 Å². The minimum atomic E-state index is -1.20. The van der Waals surface area contributed by atoms with Crippen molar-refractivity contribution in [2.45, 2.75) is 33.1 Å². The average Bonchev–Trinajstić information content (AvgIpc) is 3.63. The van der Waals surface area contributed by atoms with E-state index in [1.807, 2.05) is 0 Å². The van der Waals surface area contributed by atoms with E-state index in [2.05, 4.69) is 10.6 Å². The molecule has 14 nitrogen and oxygen atoms in total. The summed E-state index contributed by atoms with van der Waals surface area (Å²) in [4.78, 5) is 72.1. The van der Waals surface area contributed by atoms with Crippen molar-refractivity contribution in [1.29, 1.82) is 0 Å². The number of carbonyl (C=O) groups excluding carboxylic acids is 4. The number of halogens is 4. The molecule has 0 aliphatic rings. The van der Waals surface area contributed by atoms with E-state index in [-0.39, 0.29) is 59.5 Å². The molecule has 61 heavy (non-hydrogen) atoms. The number of fused-ring (bicyclic) bond motifs is 2. The van der Waals surface area contributed by atoms with Gasteiger partial charge in [0.15, 0.2) is 23.1 Å². The summed E-state index contributed by atoms with van der Waals surface area (Å²) in [6, 6.07) is 14.9. The summed E-state index contributed by atoms with van der Waals surface area (Å²) in [6.45, 7) is 2.61. The minimum absolute atomic E-state index is 0.0433. The highest BCUT2D eigenvalue weighted by Crippen LogP contribution is 2.34. The molecule has 0 atom stereocenters. The Morgan fingerprint density at radius 2 is 0.984 bits per heavy atom. The molecule has 0 saturated carbocycles. The maximum atomic E-state index is 14.4. The van der Waals surface area contributed by atoms with Crippen LogP contribution in [0.5, 0.6) is 11.5 Å². The number of benzene rings is 4. The summed E-state index contributed by atoms with van der Waals surface area (Å²) in [6.07, 6.45) is -0.608. The maximum Gasteiger partial charge on any atom is 0.322 e. The molecule has 0 aliphatic carbocycles. The van der Waals surface area contributed by atoms with Gasteiger partial charge in [0.1, 0.15) is 18.2 Å². The van der Waals surface area contributed by atoms with Gasteiger partial charge in [0.2, 0.25) is 11.8 Å². The fraction of sp³-hybridized carbons (Fsp3) is 0.209. The van der Waals surface area contributed by atoms with Crippen molar-refractivity contribution in [3.8, 4) is 11.5 Å². The highest BCUT2D eigenvalue weighted by molar-refractivity contribution is 6.06. The van der Waals surface area contributed by atoms with Crippen molar-refractivity contribution in [3.05, 3.63) is 130 Å². The van der Waals surface area contributed by atoms with Gasteiger partial charge in [-0.05, 0) is 85.6 Å². The van der Waals surface area contributed by atoms with Gasteiger partial charge < -0.3 is 30.3 Å². The third kappa shape index (κ3) is 10.0. The van der Waals surface area contributed by atoms with Crippen molar-refractivity contribution in [1.82, 2.24) is 19.8 Å². The molecule has 2 aromatic heterocycles. The topological polar surface area (TPSA) is 195 Å². The van der Waals surface area contributed by atoms with E-state index >= 15 is 0 Å². The van der Waals surface area contributed by atoms with Crippen LogP contribution in [0.1, 0.15) is 49.7 Å². The Morgan fingerprint density at radius 1 is 0.590 bits per heavy atom. The fourth-order valence-electron chi connectivity index (χ4n) is 6.62. The Kier molecular flexibility index (Phi) is 13.9. The smallest absolute Gasteiger partial charge is 0.322 e. The predicted molar refractivity (Wildman–Crippen MR) is 212 cm³/mol. The van der Waals surface area contributed by atoms with Gasteiger partial charge in [-0.15, -0.1) is 0 Å². The lowest BCUT2D eigenvalue weighted by Crippen LogP contribution is -2.30. The molecule has 0 fully saturated rings. The average molecular weight is 847 g/mol. The normalized spacial score (nSPS) is 10.8. The molecule has 4 N–H and O–H groups in total. The van der Waals surface area contributed by atoms with Crippen molar-refractivity contribution < 1.29 is 66.0 Å². The van der Waals surface area contributed by atoms with Crippen LogP contribution in [-0.2, 0) is 32.0 Å². The number of carbonyl (C=O) groups is 6. The molecule has 2 heterocycles. The van der Waals surface area contributed by atoms with Gasteiger partial charge in [-0.2, -0.15) is 0 Å². The van der Waals surface area contributed by atoms with Crippen molar-refractivity contribution >= 4 is 57.4 Å². The van der Waals surface area contributed by atoms with Gasteiger partial charge in [-0.25, -0.2) is 17.6 Å². The number of nitrogens with one attached hydrogen (secondary N) is 2. The first-order valence-corrected chi connectivity index (χ1v) is 18.3. The summed E-state index contributed by atoms with van der Waals surface area (Å²) in [5, 5.41) is 23.1. The number of aliphatic carboxylic acids is 2. The molecule has 6 rings (SSSR count). The SMILES string of the molecule is COc1cc2c(CC(=O)NCC(=O)O)c(C)n(C(=O)c3ccc(F)cc3)c2cc1F.COc1cc2c(CC(=O)NCCC(=O)O)c(C)n(C(=O)c3ccc(F)cc3)c2cc1F. The highest BCUT2D eigenvalue weighted by Gasteiger charge is 2.25. The van der Waals surface area contributed by atoms with Crippen LogP contribution >= 0.6 is 0 Å². The first kappa shape index (κ1) is 44.6. The Bertz CT molecular complexity index is 2690. The minimum Gasteiger partial charge on any atom is -0.494 e. The fourth-order valence-corrected chi connectivity index (χ4v) is 6.62. The van der Waals surface area contributed by atoms with E-state index < -0.39 is 65.4 Å². The van der Waals surface area contributed by atoms with Crippen LogP contribution in [0.15, 0.2) is 72.8 Å². The number of hydrogen-bond donors (Lipinski definition) is 4. The van der Waals surface area contributed by atoms with Crippen LogP contribution < -0.4 is 20.1 Å². The number of aromatic nitrogens is 2. The van der Waals surface area contributed by atoms with E-state index in [1.165, 1.54) is 59.8 Å². The molecule has 0 spiro atoms. The molecule has 0 bridgehead atoms. The first-order valence-electron chi connectivity index (χ1n) is 18.3.